The summed E-state index contributed by atoms with van der Waals surface area (Å²) in [6.07, 6.45) is 0.694. The number of rotatable bonds is 9. The third kappa shape index (κ3) is 6.50. The summed E-state index contributed by atoms with van der Waals surface area (Å²) < 4.78 is 10.5. The number of nitrogens with zero attached hydrogens (tertiary/aromatic N) is 1. The molecular weight excluding hydrogens is 366 g/mol. The number of esters is 1. The number of methoxy groups -OCH3 is 1. The van der Waals surface area contributed by atoms with Gasteiger partial charge in [-0.1, -0.05) is 65.8 Å². The van der Waals surface area contributed by atoms with E-state index in [0.29, 0.717) is 18.7 Å². The lowest BCUT2D eigenvalue weighted by molar-refractivity contribution is -0.140. The molecule has 0 unspecified atom stereocenters. The molecule has 0 aliphatic rings. The van der Waals surface area contributed by atoms with Gasteiger partial charge in [-0.25, -0.2) is 0 Å². The third-order valence-corrected chi connectivity index (χ3v) is 4.21. The molecule has 0 aliphatic heterocycles. The van der Waals surface area contributed by atoms with Crippen LogP contribution in [0.4, 0.5) is 0 Å². The minimum atomic E-state index is -0.275. The molecule has 0 N–H and O–H groups in total. The Morgan fingerprint density at radius 1 is 0.793 bits per heavy atom. The molecule has 0 atom stereocenters. The zero-order chi connectivity index (χ0) is 20.3. The predicted octanol–water partition coefficient (Wildman–Crippen LogP) is 5.35. The van der Waals surface area contributed by atoms with Crippen LogP contribution in [-0.2, 0) is 21.0 Å². The fraction of sp³-hybridized carbons (Fsp3) is 0.167. The van der Waals surface area contributed by atoms with Gasteiger partial charge in [0, 0.05) is 6.42 Å². The summed E-state index contributed by atoms with van der Waals surface area (Å²) >= 11 is 0. The van der Waals surface area contributed by atoms with E-state index in [2.05, 4.69) is 5.16 Å². The second-order valence-electron chi connectivity index (χ2n) is 6.31. The SMILES string of the molecule is COC(=O)CCC(=NOCc1ccc(Oc2ccccc2)cc1)c1ccccc1. The molecule has 0 radical (unpaired) electrons. The van der Waals surface area contributed by atoms with Crippen molar-refractivity contribution in [3.05, 3.63) is 96.1 Å². The number of hydrogen-bond donors (Lipinski definition) is 0. The lowest BCUT2D eigenvalue weighted by Gasteiger charge is -2.08. The van der Waals surface area contributed by atoms with E-state index in [1.54, 1.807) is 0 Å². The molecule has 29 heavy (non-hydrogen) atoms. The molecule has 0 spiro atoms. The van der Waals surface area contributed by atoms with Gasteiger partial charge in [-0.3, -0.25) is 4.79 Å². The van der Waals surface area contributed by atoms with Crippen molar-refractivity contribution in [1.82, 2.24) is 0 Å². The Labute approximate surface area is 170 Å². The van der Waals surface area contributed by atoms with Gasteiger partial charge in [-0.2, -0.15) is 0 Å². The first-order valence-electron chi connectivity index (χ1n) is 9.37. The van der Waals surface area contributed by atoms with E-state index in [1.165, 1.54) is 7.11 Å². The highest BCUT2D eigenvalue weighted by molar-refractivity contribution is 6.01. The van der Waals surface area contributed by atoms with Crippen LogP contribution in [0.3, 0.4) is 0 Å². The van der Waals surface area contributed by atoms with Gasteiger partial charge in [0.2, 0.25) is 0 Å². The molecule has 0 saturated carbocycles. The summed E-state index contributed by atoms with van der Waals surface area (Å²) in [7, 11) is 1.38. The summed E-state index contributed by atoms with van der Waals surface area (Å²) in [6, 6.07) is 26.9. The van der Waals surface area contributed by atoms with Crippen LogP contribution >= 0.6 is 0 Å². The zero-order valence-corrected chi connectivity index (χ0v) is 16.3. The average Bonchev–Trinajstić information content (AvgIpc) is 2.78. The van der Waals surface area contributed by atoms with Crippen LogP contribution in [0.5, 0.6) is 11.5 Å². The van der Waals surface area contributed by atoms with Gasteiger partial charge in [0.1, 0.15) is 18.1 Å². The van der Waals surface area contributed by atoms with E-state index < -0.39 is 0 Å². The first-order chi connectivity index (χ1) is 14.2. The molecule has 3 rings (SSSR count). The summed E-state index contributed by atoms with van der Waals surface area (Å²) in [5, 5.41) is 4.26. The maximum Gasteiger partial charge on any atom is 0.305 e. The topological polar surface area (TPSA) is 57.1 Å². The maximum absolute atomic E-state index is 11.5. The van der Waals surface area contributed by atoms with Crippen molar-refractivity contribution < 1.29 is 19.1 Å². The fourth-order valence-electron chi connectivity index (χ4n) is 2.66. The van der Waals surface area contributed by atoms with Crippen LogP contribution in [0.2, 0.25) is 0 Å². The maximum atomic E-state index is 11.5. The number of oxime groups is 1. The van der Waals surface area contributed by atoms with Gasteiger partial charge in [0.25, 0.3) is 0 Å². The van der Waals surface area contributed by atoms with Gasteiger partial charge < -0.3 is 14.3 Å². The molecule has 148 valence electrons. The Morgan fingerprint density at radius 2 is 1.41 bits per heavy atom. The fourth-order valence-corrected chi connectivity index (χ4v) is 2.66. The minimum Gasteiger partial charge on any atom is -0.469 e. The summed E-state index contributed by atoms with van der Waals surface area (Å²) in [6.45, 7) is 0.320. The van der Waals surface area contributed by atoms with E-state index in [1.807, 2.05) is 84.9 Å². The summed E-state index contributed by atoms with van der Waals surface area (Å²) in [5.41, 5.74) is 2.59. The number of hydrogen-bond acceptors (Lipinski definition) is 5. The van der Waals surface area contributed by atoms with Crippen molar-refractivity contribution in [3.8, 4) is 11.5 Å². The lowest BCUT2D eigenvalue weighted by atomic mass is 10.1. The van der Waals surface area contributed by atoms with Gasteiger partial charge in [-0.05, 0) is 35.4 Å². The zero-order valence-electron chi connectivity index (χ0n) is 16.3. The van der Waals surface area contributed by atoms with Crippen LogP contribution in [0.1, 0.15) is 24.0 Å². The summed E-state index contributed by atoms with van der Waals surface area (Å²) in [4.78, 5) is 17.0. The van der Waals surface area contributed by atoms with Crippen molar-refractivity contribution >= 4 is 11.7 Å². The molecule has 3 aromatic carbocycles. The molecule has 3 aromatic rings. The molecule has 5 heteroatoms. The van der Waals surface area contributed by atoms with E-state index in [0.717, 1.165) is 22.6 Å². The Kier molecular flexibility index (Phi) is 7.41. The third-order valence-electron chi connectivity index (χ3n) is 4.21. The lowest BCUT2D eigenvalue weighted by Crippen LogP contribution is -2.08. The van der Waals surface area contributed by atoms with Crippen molar-refractivity contribution in [2.75, 3.05) is 7.11 Å². The van der Waals surface area contributed by atoms with E-state index in [-0.39, 0.29) is 12.4 Å². The Morgan fingerprint density at radius 3 is 2.07 bits per heavy atom. The molecular formula is C24H23NO4. The largest absolute Gasteiger partial charge is 0.469 e. The second-order valence-corrected chi connectivity index (χ2v) is 6.31. The smallest absolute Gasteiger partial charge is 0.305 e. The number of benzene rings is 3. The first-order valence-corrected chi connectivity index (χ1v) is 9.37. The number of para-hydroxylation sites is 1. The van der Waals surface area contributed by atoms with Crippen molar-refractivity contribution in [3.63, 3.8) is 0 Å². The number of carbonyl (C=O) groups excluding carboxylic acids is 1. The highest BCUT2D eigenvalue weighted by Crippen LogP contribution is 2.21. The van der Waals surface area contributed by atoms with Crippen LogP contribution in [0.15, 0.2) is 90.1 Å². The van der Waals surface area contributed by atoms with Gasteiger partial charge in [-0.15, -0.1) is 0 Å². The monoisotopic (exact) mass is 389 g/mol. The standard InChI is InChI=1S/C24H23NO4/c1-27-24(26)17-16-23(20-8-4-2-5-9-20)25-28-18-19-12-14-22(15-13-19)29-21-10-6-3-7-11-21/h2-15H,16-18H2,1H3. The second kappa shape index (κ2) is 10.7. The molecule has 0 fully saturated rings. The van der Waals surface area contributed by atoms with Crippen molar-refractivity contribution in [1.29, 1.82) is 0 Å². The highest BCUT2D eigenvalue weighted by Gasteiger charge is 2.09. The molecule has 0 amide bonds. The van der Waals surface area contributed by atoms with Crippen molar-refractivity contribution in [2.24, 2.45) is 5.16 Å². The molecule has 0 saturated heterocycles. The predicted molar refractivity (Wildman–Crippen MR) is 112 cm³/mol. The average molecular weight is 389 g/mol. The first kappa shape index (κ1) is 20.1. The van der Waals surface area contributed by atoms with Gasteiger partial charge in [0.15, 0.2) is 0 Å². The Balaban J connectivity index is 1.60. The quantitative estimate of drug-likeness (QED) is 0.281. The normalized spacial score (nSPS) is 11.0. The minimum absolute atomic E-state index is 0.249. The Bertz CT molecular complexity index is 922. The van der Waals surface area contributed by atoms with Crippen LogP contribution in [0.25, 0.3) is 0 Å². The Hall–Kier alpha value is -3.60. The van der Waals surface area contributed by atoms with Crippen molar-refractivity contribution in [2.45, 2.75) is 19.4 Å². The van der Waals surface area contributed by atoms with Crippen LogP contribution < -0.4 is 4.74 Å². The molecule has 0 aromatic heterocycles. The molecule has 0 aliphatic carbocycles. The van der Waals surface area contributed by atoms with E-state index in [4.69, 9.17) is 14.3 Å². The summed E-state index contributed by atoms with van der Waals surface area (Å²) in [5.74, 6) is 1.27. The van der Waals surface area contributed by atoms with E-state index >= 15 is 0 Å². The molecule has 0 bridgehead atoms. The van der Waals surface area contributed by atoms with Crippen LogP contribution in [-0.4, -0.2) is 18.8 Å². The van der Waals surface area contributed by atoms with Gasteiger partial charge >= 0.3 is 5.97 Å². The highest BCUT2D eigenvalue weighted by atomic mass is 16.6. The van der Waals surface area contributed by atoms with Crippen LogP contribution in [0, 0.1) is 0 Å². The molecule has 0 heterocycles. The molecule has 5 nitrogen and oxygen atoms in total. The number of ether oxygens (including phenoxy) is 2. The number of carbonyl (C=O) groups is 1. The van der Waals surface area contributed by atoms with E-state index in [9.17, 15) is 4.79 Å². The van der Waals surface area contributed by atoms with Gasteiger partial charge in [0.05, 0.1) is 19.2 Å².